The van der Waals surface area contributed by atoms with E-state index in [-0.39, 0.29) is 0 Å². The SMILES string of the molecule is CC1=CCNC(OCc2ccccc2)=C1. The van der Waals surface area contributed by atoms with E-state index in [1.54, 1.807) is 0 Å². The molecule has 2 nitrogen and oxygen atoms in total. The van der Waals surface area contributed by atoms with Gasteiger partial charge in [0.15, 0.2) is 5.88 Å². The fraction of sp³-hybridized carbons (Fsp3) is 0.231. The predicted octanol–water partition coefficient (Wildman–Crippen LogP) is 2.59. The van der Waals surface area contributed by atoms with Gasteiger partial charge in [0.25, 0.3) is 0 Å². The molecule has 1 aromatic carbocycles. The van der Waals surface area contributed by atoms with Crippen molar-refractivity contribution in [1.82, 2.24) is 5.32 Å². The van der Waals surface area contributed by atoms with Crippen LogP contribution >= 0.6 is 0 Å². The summed E-state index contributed by atoms with van der Waals surface area (Å²) in [4.78, 5) is 0. The van der Waals surface area contributed by atoms with E-state index in [2.05, 4.69) is 30.4 Å². The average Bonchev–Trinajstić information content (AvgIpc) is 2.28. The van der Waals surface area contributed by atoms with E-state index in [9.17, 15) is 0 Å². The van der Waals surface area contributed by atoms with Crippen LogP contribution in [-0.4, -0.2) is 6.54 Å². The average molecular weight is 201 g/mol. The zero-order valence-electron chi connectivity index (χ0n) is 8.86. The molecule has 0 saturated carbocycles. The number of rotatable bonds is 3. The minimum absolute atomic E-state index is 0.618. The number of ether oxygens (including phenoxy) is 1. The van der Waals surface area contributed by atoms with Crippen LogP contribution in [0.4, 0.5) is 0 Å². The molecule has 1 N–H and O–H groups in total. The lowest BCUT2D eigenvalue weighted by Gasteiger charge is -2.15. The van der Waals surface area contributed by atoms with Crippen LogP contribution in [0.5, 0.6) is 0 Å². The van der Waals surface area contributed by atoms with Gasteiger partial charge in [-0.2, -0.15) is 0 Å². The van der Waals surface area contributed by atoms with Gasteiger partial charge in [-0.3, -0.25) is 0 Å². The van der Waals surface area contributed by atoms with Crippen LogP contribution in [0.3, 0.4) is 0 Å². The van der Waals surface area contributed by atoms with Gasteiger partial charge in [0.2, 0.25) is 0 Å². The molecule has 1 heterocycles. The Labute approximate surface area is 90.3 Å². The van der Waals surface area contributed by atoms with E-state index >= 15 is 0 Å². The molecule has 2 heteroatoms. The molecule has 1 aromatic rings. The molecule has 0 aromatic heterocycles. The van der Waals surface area contributed by atoms with Crippen molar-refractivity contribution in [2.75, 3.05) is 6.54 Å². The Morgan fingerprint density at radius 3 is 2.80 bits per heavy atom. The first-order chi connectivity index (χ1) is 7.34. The summed E-state index contributed by atoms with van der Waals surface area (Å²) in [7, 11) is 0. The highest BCUT2D eigenvalue weighted by Crippen LogP contribution is 2.09. The maximum atomic E-state index is 5.65. The summed E-state index contributed by atoms with van der Waals surface area (Å²) in [5.41, 5.74) is 2.43. The summed E-state index contributed by atoms with van der Waals surface area (Å²) in [6.45, 7) is 3.55. The molecule has 1 aliphatic rings. The van der Waals surface area contributed by atoms with Crippen molar-refractivity contribution in [2.24, 2.45) is 0 Å². The topological polar surface area (TPSA) is 21.3 Å². The normalized spacial score (nSPS) is 15.0. The third-order valence-electron chi connectivity index (χ3n) is 2.30. The molecule has 0 saturated heterocycles. The lowest BCUT2D eigenvalue weighted by atomic mass is 10.2. The largest absolute Gasteiger partial charge is 0.474 e. The van der Waals surface area contributed by atoms with Gasteiger partial charge in [0, 0.05) is 12.6 Å². The van der Waals surface area contributed by atoms with Crippen LogP contribution in [0.15, 0.2) is 53.9 Å². The van der Waals surface area contributed by atoms with Crippen LogP contribution in [0, 0.1) is 0 Å². The highest BCUT2D eigenvalue weighted by atomic mass is 16.5. The molecule has 0 radical (unpaired) electrons. The summed E-state index contributed by atoms with van der Waals surface area (Å²) in [6, 6.07) is 10.2. The van der Waals surface area contributed by atoms with E-state index in [4.69, 9.17) is 4.74 Å². The van der Waals surface area contributed by atoms with Crippen molar-refractivity contribution in [3.63, 3.8) is 0 Å². The van der Waals surface area contributed by atoms with E-state index in [1.807, 2.05) is 24.3 Å². The molecule has 0 aliphatic carbocycles. The molecular weight excluding hydrogens is 186 g/mol. The number of dihydropyridines is 1. The zero-order valence-corrected chi connectivity index (χ0v) is 8.86. The Kier molecular flexibility index (Phi) is 3.08. The van der Waals surface area contributed by atoms with E-state index < -0.39 is 0 Å². The maximum Gasteiger partial charge on any atom is 0.187 e. The van der Waals surface area contributed by atoms with E-state index in [1.165, 1.54) is 11.1 Å². The van der Waals surface area contributed by atoms with Crippen LogP contribution < -0.4 is 5.32 Å². The quantitative estimate of drug-likeness (QED) is 0.811. The third kappa shape index (κ3) is 2.88. The first-order valence-corrected chi connectivity index (χ1v) is 5.13. The molecule has 78 valence electrons. The fourth-order valence-corrected chi connectivity index (χ4v) is 1.46. The Morgan fingerprint density at radius 1 is 1.27 bits per heavy atom. The lowest BCUT2D eigenvalue weighted by molar-refractivity contribution is 0.178. The number of hydrogen-bond acceptors (Lipinski definition) is 2. The predicted molar refractivity (Wildman–Crippen MR) is 61.1 cm³/mol. The monoisotopic (exact) mass is 201 g/mol. The molecule has 15 heavy (non-hydrogen) atoms. The van der Waals surface area contributed by atoms with E-state index in [0.29, 0.717) is 6.61 Å². The summed E-state index contributed by atoms with van der Waals surface area (Å²) >= 11 is 0. The van der Waals surface area contributed by atoms with Gasteiger partial charge in [0.05, 0.1) is 0 Å². The van der Waals surface area contributed by atoms with Gasteiger partial charge in [0.1, 0.15) is 6.61 Å². The van der Waals surface area contributed by atoms with E-state index in [0.717, 1.165) is 12.4 Å². The van der Waals surface area contributed by atoms with Crippen molar-refractivity contribution in [3.8, 4) is 0 Å². The first-order valence-electron chi connectivity index (χ1n) is 5.13. The first kappa shape index (κ1) is 9.84. The highest BCUT2D eigenvalue weighted by Gasteiger charge is 2.02. The smallest absolute Gasteiger partial charge is 0.187 e. The lowest BCUT2D eigenvalue weighted by Crippen LogP contribution is -2.19. The van der Waals surface area contributed by atoms with Crippen molar-refractivity contribution in [3.05, 3.63) is 59.5 Å². The van der Waals surface area contributed by atoms with Crippen molar-refractivity contribution < 1.29 is 4.74 Å². The number of hydrogen-bond donors (Lipinski definition) is 1. The fourth-order valence-electron chi connectivity index (χ4n) is 1.46. The maximum absolute atomic E-state index is 5.65. The second-order valence-corrected chi connectivity index (χ2v) is 3.61. The summed E-state index contributed by atoms with van der Waals surface area (Å²) in [5, 5.41) is 3.18. The standard InChI is InChI=1S/C13H15NO/c1-11-7-8-14-13(9-11)15-10-12-5-3-2-4-6-12/h2-7,9,14H,8,10H2,1H3. The second-order valence-electron chi connectivity index (χ2n) is 3.61. The van der Waals surface area contributed by atoms with Gasteiger partial charge in [-0.1, -0.05) is 36.4 Å². The summed E-state index contributed by atoms with van der Waals surface area (Å²) in [6.07, 6.45) is 4.15. The van der Waals surface area contributed by atoms with Gasteiger partial charge in [-0.05, 0) is 18.1 Å². The Balaban J connectivity index is 1.91. The number of allylic oxidation sites excluding steroid dienone is 2. The zero-order chi connectivity index (χ0) is 10.5. The molecule has 0 spiro atoms. The van der Waals surface area contributed by atoms with Gasteiger partial charge < -0.3 is 10.1 Å². The minimum Gasteiger partial charge on any atom is -0.474 e. The number of nitrogens with one attached hydrogen (secondary N) is 1. The molecule has 0 unspecified atom stereocenters. The Bertz CT molecular complexity index is 379. The van der Waals surface area contributed by atoms with Crippen LogP contribution in [-0.2, 0) is 11.3 Å². The minimum atomic E-state index is 0.618. The Hall–Kier alpha value is -1.70. The molecule has 0 bridgehead atoms. The molecule has 0 fully saturated rings. The third-order valence-corrected chi connectivity index (χ3v) is 2.30. The summed E-state index contributed by atoms with van der Waals surface area (Å²) in [5.74, 6) is 0.860. The summed E-state index contributed by atoms with van der Waals surface area (Å²) < 4.78 is 5.65. The molecule has 1 aliphatic heterocycles. The van der Waals surface area contributed by atoms with Crippen LogP contribution in [0.25, 0.3) is 0 Å². The van der Waals surface area contributed by atoms with Gasteiger partial charge in [-0.15, -0.1) is 0 Å². The molecule has 2 rings (SSSR count). The Morgan fingerprint density at radius 2 is 2.07 bits per heavy atom. The van der Waals surface area contributed by atoms with Crippen molar-refractivity contribution >= 4 is 0 Å². The number of benzene rings is 1. The van der Waals surface area contributed by atoms with Crippen LogP contribution in [0.1, 0.15) is 12.5 Å². The van der Waals surface area contributed by atoms with Crippen molar-refractivity contribution in [2.45, 2.75) is 13.5 Å². The molecule has 0 amide bonds. The van der Waals surface area contributed by atoms with Crippen molar-refractivity contribution in [1.29, 1.82) is 0 Å². The van der Waals surface area contributed by atoms with Gasteiger partial charge >= 0.3 is 0 Å². The molecular formula is C13H15NO. The second kappa shape index (κ2) is 4.69. The molecule has 0 atom stereocenters. The highest BCUT2D eigenvalue weighted by molar-refractivity contribution is 5.23. The van der Waals surface area contributed by atoms with Gasteiger partial charge in [-0.25, -0.2) is 0 Å². The van der Waals surface area contributed by atoms with Crippen LogP contribution in [0.2, 0.25) is 0 Å².